The van der Waals surface area contributed by atoms with Crippen LogP contribution in [-0.2, 0) is 16.6 Å². The molecule has 0 aliphatic carbocycles. The molecule has 0 saturated carbocycles. The molecule has 0 aromatic heterocycles. The van der Waals surface area contributed by atoms with E-state index in [9.17, 15) is 18.5 Å². The zero-order chi connectivity index (χ0) is 16.2. The third-order valence-corrected chi connectivity index (χ3v) is 4.42. The van der Waals surface area contributed by atoms with Gasteiger partial charge in [0.15, 0.2) is 0 Å². The molecule has 2 aromatic carbocycles. The van der Waals surface area contributed by atoms with Crippen LogP contribution in [0.15, 0.2) is 53.4 Å². The highest BCUT2D eigenvalue weighted by Gasteiger charge is 2.16. The fraction of sp³-hybridized carbons (Fsp3) is 0.143. The smallest absolute Gasteiger partial charge is 0.269 e. The molecule has 0 aliphatic heterocycles. The van der Waals surface area contributed by atoms with Crippen LogP contribution in [0.5, 0.6) is 5.75 Å². The van der Waals surface area contributed by atoms with Crippen molar-refractivity contribution in [3.05, 3.63) is 64.2 Å². The summed E-state index contributed by atoms with van der Waals surface area (Å²) in [7, 11) is -2.25. The van der Waals surface area contributed by atoms with Crippen molar-refractivity contribution < 1.29 is 18.1 Å². The molecule has 0 unspecified atom stereocenters. The lowest BCUT2D eigenvalue weighted by Gasteiger charge is -2.10. The number of nitro benzene ring substituents is 1. The monoisotopic (exact) mass is 322 g/mol. The zero-order valence-corrected chi connectivity index (χ0v) is 12.5. The largest absolute Gasteiger partial charge is 0.496 e. The minimum absolute atomic E-state index is 0.0343. The molecule has 2 rings (SSSR count). The summed E-state index contributed by atoms with van der Waals surface area (Å²) in [6.45, 7) is 0.0589. The third kappa shape index (κ3) is 3.60. The Labute approximate surface area is 127 Å². The summed E-state index contributed by atoms with van der Waals surface area (Å²) in [4.78, 5) is 9.95. The lowest BCUT2D eigenvalue weighted by Crippen LogP contribution is -2.23. The summed E-state index contributed by atoms with van der Waals surface area (Å²) in [6, 6.07) is 11.7. The minimum Gasteiger partial charge on any atom is -0.496 e. The second-order valence-corrected chi connectivity index (χ2v) is 6.15. The Bertz CT molecular complexity index is 772. The van der Waals surface area contributed by atoms with Crippen molar-refractivity contribution in [2.75, 3.05) is 7.11 Å². The lowest BCUT2D eigenvalue weighted by molar-refractivity contribution is -0.384. The summed E-state index contributed by atoms with van der Waals surface area (Å²) >= 11 is 0. The normalized spacial score (nSPS) is 11.1. The number of rotatable bonds is 6. The summed E-state index contributed by atoms with van der Waals surface area (Å²) in [5.74, 6) is 0.578. The predicted octanol–water partition coefficient (Wildman–Crippen LogP) is 2.08. The van der Waals surface area contributed by atoms with Crippen molar-refractivity contribution >= 4 is 15.7 Å². The van der Waals surface area contributed by atoms with Crippen LogP contribution in [0.1, 0.15) is 5.56 Å². The number of benzene rings is 2. The van der Waals surface area contributed by atoms with E-state index in [2.05, 4.69) is 4.72 Å². The number of ether oxygens (including phenoxy) is 1. The highest BCUT2D eigenvalue weighted by atomic mass is 32.2. The van der Waals surface area contributed by atoms with E-state index >= 15 is 0 Å². The van der Waals surface area contributed by atoms with E-state index < -0.39 is 14.9 Å². The summed E-state index contributed by atoms with van der Waals surface area (Å²) in [6.07, 6.45) is 0. The fourth-order valence-electron chi connectivity index (χ4n) is 1.85. The third-order valence-electron chi connectivity index (χ3n) is 3.00. The number of para-hydroxylation sites is 1. The van der Waals surface area contributed by atoms with Crippen LogP contribution in [0.4, 0.5) is 5.69 Å². The predicted molar refractivity (Wildman–Crippen MR) is 80.1 cm³/mol. The first kappa shape index (κ1) is 15.9. The molecule has 0 radical (unpaired) electrons. The van der Waals surface area contributed by atoms with Gasteiger partial charge in [-0.2, -0.15) is 0 Å². The van der Waals surface area contributed by atoms with Gasteiger partial charge in [-0.25, -0.2) is 13.1 Å². The maximum Gasteiger partial charge on any atom is 0.269 e. The molecule has 0 aliphatic rings. The molecule has 0 spiro atoms. The van der Waals surface area contributed by atoms with Gasteiger partial charge >= 0.3 is 0 Å². The molecular formula is C14H14N2O5S. The topological polar surface area (TPSA) is 98.5 Å². The van der Waals surface area contributed by atoms with Gasteiger partial charge in [0.05, 0.1) is 16.9 Å². The van der Waals surface area contributed by atoms with E-state index in [1.807, 2.05) is 0 Å². The molecule has 2 aromatic rings. The molecule has 1 N–H and O–H groups in total. The second-order valence-electron chi connectivity index (χ2n) is 4.39. The van der Waals surface area contributed by atoms with E-state index in [4.69, 9.17) is 4.74 Å². The molecule has 0 atom stereocenters. The van der Waals surface area contributed by atoms with Gasteiger partial charge in [0, 0.05) is 24.2 Å². The maximum absolute atomic E-state index is 12.2. The number of hydrogen-bond donors (Lipinski definition) is 1. The van der Waals surface area contributed by atoms with E-state index in [1.165, 1.54) is 19.2 Å². The van der Waals surface area contributed by atoms with Crippen molar-refractivity contribution in [3.63, 3.8) is 0 Å². The van der Waals surface area contributed by atoms with Gasteiger partial charge in [-0.05, 0) is 18.2 Å². The van der Waals surface area contributed by atoms with Gasteiger partial charge in [0.25, 0.3) is 5.69 Å². The Kier molecular flexibility index (Phi) is 4.74. The van der Waals surface area contributed by atoms with Crippen LogP contribution in [0.25, 0.3) is 0 Å². The van der Waals surface area contributed by atoms with Crippen LogP contribution in [0.3, 0.4) is 0 Å². The number of methoxy groups -OCH3 is 1. The van der Waals surface area contributed by atoms with Crippen LogP contribution in [0.2, 0.25) is 0 Å². The highest BCUT2D eigenvalue weighted by Crippen LogP contribution is 2.19. The van der Waals surface area contributed by atoms with Gasteiger partial charge in [0.1, 0.15) is 5.75 Å². The number of nitrogens with zero attached hydrogens (tertiary/aromatic N) is 1. The molecule has 0 amide bonds. The van der Waals surface area contributed by atoms with E-state index in [1.54, 1.807) is 24.3 Å². The minimum atomic E-state index is -3.75. The van der Waals surface area contributed by atoms with Gasteiger partial charge in [-0.3, -0.25) is 10.1 Å². The average molecular weight is 322 g/mol. The number of sulfonamides is 1. The van der Waals surface area contributed by atoms with Crippen molar-refractivity contribution in [1.29, 1.82) is 0 Å². The molecule has 116 valence electrons. The average Bonchev–Trinajstić information content (AvgIpc) is 2.53. The van der Waals surface area contributed by atoms with Gasteiger partial charge in [-0.15, -0.1) is 0 Å². The quantitative estimate of drug-likeness (QED) is 0.648. The molecule has 22 heavy (non-hydrogen) atoms. The first-order chi connectivity index (χ1) is 10.4. The number of non-ortho nitro benzene ring substituents is 1. The fourth-order valence-corrected chi connectivity index (χ4v) is 2.86. The van der Waals surface area contributed by atoms with Crippen LogP contribution in [0, 0.1) is 10.1 Å². The van der Waals surface area contributed by atoms with Gasteiger partial charge in [-0.1, -0.05) is 18.2 Å². The maximum atomic E-state index is 12.2. The molecule has 7 nitrogen and oxygen atoms in total. The summed E-state index contributed by atoms with van der Waals surface area (Å²) in [5.41, 5.74) is 0.527. The van der Waals surface area contributed by atoms with Gasteiger partial charge in [0.2, 0.25) is 10.0 Å². The first-order valence-corrected chi connectivity index (χ1v) is 7.78. The van der Waals surface area contributed by atoms with Crippen LogP contribution < -0.4 is 9.46 Å². The molecule has 8 heteroatoms. The van der Waals surface area contributed by atoms with E-state index in [-0.39, 0.29) is 17.1 Å². The zero-order valence-electron chi connectivity index (χ0n) is 11.7. The SMILES string of the molecule is COc1ccccc1CNS(=O)(=O)c1ccc([N+](=O)[O-])cc1. The second kappa shape index (κ2) is 6.54. The van der Waals surface area contributed by atoms with E-state index in [0.717, 1.165) is 12.1 Å². The molecular weight excluding hydrogens is 308 g/mol. The van der Waals surface area contributed by atoms with Crippen LogP contribution >= 0.6 is 0 Å². The van der Waals surface area contributed by atoms with E-state index in [0.29, 0.717) is 11.3 Å². The lowest BCUT2D eigenvalue weighted by atomic mass is 10.2. The summed E-state index contributed by atoms with van der Waals surface area (Å²) < 4.78 is 31.9. The first-order valence-electron chi connectivity index (χ1n) is 6.30. The molecule has 0 saturated heterocycles. The molecule has 0 bridgehead atoms. The van der Waals surface area contributed by atoms with Crippen molar-refractivity contribution in [1.82, 2.24) is 4.72 Å². The Hall–Kier alpha value is -2.45. The number of nitrogens with one attached hydrogen (secondary N) is 1. The van der Waals surface area contributed by atoms with Gasteiger partial charge < -0.3 is 4.74 Å². The Morgan fingerprint density at radius 3 is 2.36 bits per heavy atom. The van der Waals surface area contributed by atoms with Crippen molar-refractivity contribution in [2.24, 2.45) is 0 Å². The highest BCUT2D eigenvalue weighted by molar-refractivity contribution is 7.89. The Balaban J connectivity index is 2.15. The van der Waals surface area contributed by atoms with Crippen molar-refractivity contribution in [2.45, 2.75) is 11.4 Å². The Morgan fingerprint density at radius 1 is 1.14 bits per heavy atom. The van der Waals surface area contributed by atoms with Crippen LogP contribution in [-0.4, -0.2) is 20.5 Å². The number of nitro groups is 1. The standard InChI is InChI=1S/C14H14N2O5S/c1-21-14-5-3-2-4-11(14)10-15-22(19,20)13-8-6-12(7-9-13)16(17)18/h2-9,15H,10H2,1H3. The summed E-state index contributed by atoms with van der Waals surface area (Å²) in [5, 5.41) is 10.6. The number of hydrogen-bond acceptors (Lipinski definition) is 5. The molecule has 0 fully saturated rings. The Morgan fingerprint density at radius 2 is 1.77 bits per heavy atom. The molecule has 0 heterocycles. The van der Waals surface area contributed by atoms with Crippen molar-refractivity contribution in [3.8, 4) is 5.75 Å².